The summed E-state index contributed by atoms with van der Waals surface area (Å²) in [5.74, 6) is -1.92. The predicted molar refractivity (Wildman–Crippen MR) is 187 cm³/mol. The first-order valence-corrected chi connectivity index (χ1v) is 19.6. The van der Waals surface area contributed by atoms with Crippen molar-refractivity contribution in [2.24, 2.45) is 0 Å². The second-order valence-corrected chi connectivity index (χ2v) is 12.1. The Labute approximate surface area is 300 Å². The van der Waals surface area contributed by atoms with Gasteiger partial charge in [-0.15, -0.1) is 0 Å². The molecule has 0 aromatic heterocycles. The molecule has 300 valence electrons. The average Bonchev–Trinajstić information content (AvgIpc) is 2.94. The maximum Gasteiger partial charge on any atom is 0.0647 e. The first kappa shape index (κ1) is 68.9. The third-order valence-corrected chi connectivity index (χ3v) is 4.95. The lowest BCUT2D eigenvalue weighted by molar-refractivity contribution is -0.722. The summed E-state index contributed by atoms with van der Waals surface area (Å²) in [6.07, 6.45) is 21.7. The Morgan fingerprint density at radius 1 is 0.426 bits per heavy atom. The standard InChI is InChI=1S/C21H42O2.6C2H7N.ClH.H3O4P/c1-3-5-6-7-8-9-10-11-12-13-14-15-16-17-18-19-20-21(22,23)4-2;6*1-3-2;;1-5(2,3)4/h3-20H2,1-2H3;6*3H,1-2H3;1H;(H3,1,2,3,4)/q-2;;;;;;;;/p+2. The number of hydrogen-bond acceptors (Lipinski definition) is 6. The van der Waals surface area contributed by atoms with Crippen molar-refractivity contribution in [2.45, 2.75) is 135 Å². The largest absolute Gasteiger partial charge is 1.00 e. The van der Waals surface area contributed by atoms with Crippen LogP contribution < -0.4 is 69.2 Å². The van der Waals surface area contributed by atoms with Crippen LogP contribution in [0.4, 0.5) is 0 Å². The number of halogens is 1. The first-order valence-electron chi connectivity index (χ1n) is 18.2. The SMILES string of the molecule is CCCCCCCCCCCCCCCCCCC([O-])([O-])CC.C[NH2+]C.C[NH2+]C.C[NH2+]C.C[NH2+]C.C[NH2+]C.C[NH2+]C.O=P([O-])([O-])[O-].[Cl-]. The van der Waals surface area contributed by atoms with Crippen LogP contribution in [-0.4, -0.2) is 90.4 Å². The molecule has 0 aromatic rings. The molecule has 0 heterocycles. The van der Waals surface area contributed by atoms with Crippen molar-refractivity contribution in [3.05, 3.63) is 0 Å². The lowest BCUT2D eigenvalue weighted by Gasteiger charge is -2.48. The highest BCUT2D eigenvalue weighted by Crippen LogP contribution is 2.15. The van der Waals surface area contributed by atoms with Crippen molar-refractivity contribution in [3.8, 4) is 0 Å². The van der Waals surface area contributed by atoms with E-state index >= 15 is 0 Å². The van der Waals surface area contributed by atoms with Crippen LogP contribution >= 0.6 is 7.82 Å². The quantitative estimate of drug-likeness (QED) is 0.0455. The van der Waals surface area contributed by atoms with Crippen molar-refractivity contribution < 1.29 is 73.8 Å². The lowest BCUT2D eigenvalue weighted by atomic mass is 10.0. The smallest absolute Gasteiger partial charge is 0.0647 e. The molecule has 47 heavy (non-hydrogen) atoms. The van der Waals surface area contributed by atoms with Crippen LogP contribution in [0.3, 0.4) is 0 Å². The van der Waals surface area contributed by atoms with Crippen molar-refractivity contribution in [1.29, 1.82) is 0 Å². The summed E-state index contributed by atoms with van der Waals surface area (Å²) in [6.45, 7) is 3.97. The van der Waals surface area contributed by atoms with Crippen LogP contribution in [0, 0.1) is 0 Å². The van der Waals surface area contributed by atoms with Gasteiger partial charge in [0, 0.05) is 0 Å². The summed E-state index contributed by atoms with van der Waals surface area (Å²) >= 11 is 0. The fraction of sp³-hybridized carbons (Fsp3) is 1.00. The number of unbranched alkanes of at least 4 members (excludes halogenated alkanes) is 15. The number of quaternary nitrogens is 6. The highest BCUT2D eigenvalue weighted by atomic mass is 35.5. The van der Waals surface area contributed by atoms with E-state index in [1.165, 1.54) is 89.9 Å². The molecule has 0 atom stereocenters. The van der Waals surface area contributed by atoms with Gasteiger partial charge in [-0.1, -0.05) is 129 Å². The normalized spacial score (nSPS) is 9.43. The average molecular weight is 734 g/mol. The van der Waals surface area contributed by atoms with Gasteiger partial charge in [-0.2, -0.15) is 7.82 Å². The van der Waals surface area contributed by atoms with Crippen LogP contribution in [0.5, 0.6) is 0 Å². The van der Waals surface area contributed by atoms with Crippen LogP contribution in [0.25, 0.3) is 0 Å². The molecule has 14 heteroatoms. The predicted octanol–water partition coefficient (Wildman–Crippen LogP) is -7.50. The second kappa shape index (κ2) is 71.9. The van der Waals surface area contributed by atoms with Gasteiger partial charge in [0.05, 0.1) is 84.6 Å². The van der Waals surface area contributed by atoms with Gasteiger partial charge in [-0.25, -0.2) is 5.79 Å². The van der Waals surface area contributed by atoms with Gasteiger partial charge in [0.15, 0.2) is 0 Å². The Morgan fingerprint density at radius 3 is 0.723 bits per heavy atom. The Kier molecular flexibility index (Phi) is 106. The lowest BCUT2D eigenvalue weighted by Crippen LogP contribution is -3.00. The molecule has 0 fully saturated rings. The summed E-state index contributed by atoms with van der Waals surface area (Å²) < 4.78 is 8.55. The van der Waals surface area contributed by atoms with E-state index < -0.39 is 13.6 Å². The van der Waals surface area contributed by atoms with E-state index in [1.807, 2.05) is 116 Å². The van der Waals surface area contributed by atoms with Crippen molar-refractivity contribution in [2.75, 3.05) is 84.6 Å². The van der Waals surface area contributed by atoms with E-state index in [0.29, 0.717) is 6.42 Å². The minimum Gasteiger partial charge on any atom is -1.00 e. The number of hydrogen-bond donors (Lipinski definition) is 6. The van der Waals surface area contributed by atoms with Gasteiger partial charge < -0.3 is 73.8 Å². The van der Waals surface area contributed by atoms with Crippen LogP contribution in [0.15, 0.2) is 0 Å². The molecule has 12 N–H and O–H groups in total. The zero-order valence-corrected chi connectivity index (χ0v) is 35.6. The van der Waals surface area contributed by atoms with Gasteiger partial charge >= 0.3 is 0 Å². The maximum atomic E-state index is 11.3. The molecule has 0 saturated carbocycles. The van der Waals surface area contributed by atoms with E-state index in [1.54, 1.807) is 6.92 Å². The van der Waals surface area contributed by atoms with Crippen LogP contribution in [-0.2, 0) is 4.57 Å². The zero-order chi connectivity index (χ0) is 38.0. The summed E-state index contributed by atoms with van der Waals surface area (Å²) in [5.41, 5.74) is 0. The summed E-state index contributed by atoms with van der Waals surface area (Å²) in [4.78, 5) is 25.6. The molecule has 0 amide bonds. The Hall–Kier alpha value is 0.0800. The first-order chi connectivity index (χ1) is 21.6. The monoisotopic (exact) mass is 733 g/mol. The summed E-state index contributed by atoms with van der Waals surface area (Å²) in [6, 6.07) is 0. The second-order valence-electron chi connectivity index (χ2n) is 11.2. The molecule has 12 nitrogen and oxygen atoms in total. The molecule has 0 bridgehead atoms. The summed E-state index contributed by atoms with van der Waals surface area (Å²) in [5, 5.41) is 34.5. The third-order valence-electron chi connectivity index (χ3n) is 4.95. The Morgan fingerprint density at radius 2 is 0.574 bits per heavy atom. The molecular formula is C33H90ClN6O6P. The molecule has 0 saturated heterocycles. The number of rotatable bonds is 18. The zero-order valence-electron chi connectivity index (χ0n) is 34.0. The van der Waals surface area contributed by atoms with Crippen molar-refractivity contribution >= 4 is 7.82 Å². The molecule has 0 aliphatic carbocycles. The molecular weight excluding hydrogens is 643 g/mol. The molecule has 0 aliphatic rings. The molecule has 0 aliphatic heterocycles. The number of nitrogens with two attached hydrogens (primary N) is 6. The maximum absolute atomic E-state index is 11.3. The van der Waals surface area contributed by atoms with E-state index in [-0.39, 0.29) is 18.8 Å². The van der Waals surface area contributed by atoms with Crippen LogP contribution in [0.1, 0.15) is 129 Å². The van der Waals surface area contributed by atoms with Crippen molar-refractivity contribution in [1.82, 2.24) is 0 Å². The van der Waals surface area contributed by atoms with Gasteiger partial charge in [-0.3, -0.25) is 0 Å². The molecule has 0 rings (SSSR count). The fourth-order valence-electron chi connectivity index (χ4n) is 3.12. The minimum absolute atomic E-state index is 0. The molecule has 0 aromatic carbocycles. The minimum atomic E-state index is -5.39. The topological polar surface area (TPSA) is 232 Å². The molecule has 0 spiro atoms. The van der Waals surface area contributed by atoms with Gasteiger partial charge in [0.2, 0.25) is 0 Å². The summed E-state index contributed by atoms with van der Waals surface area (Å²) in [7, 11) is 18.6. The molecule has 0 unspecified atom stereocenters. The van der Waals surface area contributed by atoms with E-state index in [9.17, 15) is 10.2 Å². The Bertz CT molecular complexity index is 450. The highest BCUT2D eigenvalue weighted by molar-refractivity contribution is 7.40. The van der Waals surface area contributed by atoms with Crippen LogP contribution in [0.2, 0.25) is 0 Å². The van der Waals surface area contributed by atoms with E-state index in [2.05, 4.69) is 6.92 Å². The Balaban J connectivity index is -0.0000000697. The van der Waals surface area contributed by atoms with Gasteiger partial charge in [0.25, 0.3) is 0 Å². The fourth-order valence-corrected chi connectivity index (χ4v) is 3.12. The van der Waals surface area contributed by atoms with Crippen molar-refractivity contribution in [3.63, 3.8) is 0 Å². The third kappa shape index (κ3) is 184. The van der Waals surface area contributed by atoms with E-state index in [4.69, 9.17) is 19.2 Å². The molecule has 0 radical (unpaired) electrons. The highest BCUT2D eigenvalue weighted by Gasteiger charge is 1.98. The number of phosphoric acid groups is 1. The van der Waals surface area contributed by atoms with E-state index in [0.717, 1.165) is 12.8 Å². The van der Waals surface area contributed by atoms with Gasteiger partial charge in [-0.05, 0) is 0 Å². The van der Waals surface area contributed by atoms with Gasteiger partial charge in [0.1, 0.15) is 0 Å².